The highest BCUT2D eigenvalue weighted by Crippen LogP contribution is 2.49. The van der Waals surface area contributed by atoms with E-state index in [4.69, 9.17) is 30.9 Å². The van der Waals surface area contributed by atoms with Gasteiger partial charge in [0.2, 0.25) is 6.23 Å². The first kappa shape index (κ1) is 18.3. The van der Waals surface area contributed by atoms with Crippen LogP contribution in [0, 0.1) is 0 Å². The van der Waals surface area contributed by atoms with Crippen molar-refractivity contribution in [3.05, 3.63) is 74.9 Å². The number of benzene rings is 2. The predicted octanol–water partition coefficient (Wildman–Crippen LogP) is 5.66. The van der Waals surface area contributed by atoms with Gasteiger partial charge in [0, 0.05) is 22.6 Å². The molecule has 0 radical (unpaired) electrons. The van der Waals surface area contributed by atoms with Crippen molar-refractivity contribution in [2.45, 2.75) is 18.7 Å². The minimum absolute atomic E-state index is 0.0626. The molecule has 3 aromatic rings. The molecule has 0 unspecified atom stereocenters. The van der Waals surface area contributed by atoms with Crippen LogP contribution in [0.5, 0.6) is 17.2 Å². The zero-order chi connectivity index (χ0) is 20.0. The number of thiophene rings is 1. The van der Waals surface area contributed by atoms with Crippen LogP contribution in [0.25, 0.3) is 0 Å². The summed E-state index contributed by atoms with van der Waals surface area (Å²) in [5.74, 6) is 2.17. The molecule has 2 atom stereocenters. The third-order valence-corrected chi connectivity index (χ3v) is 6.40. The van der Waals surface area contributed by atoms with E-state index in [2.05, 4.69) is 11.4 Å². The second kappa shape index (κ2) is 7.28. The lowest BCUT2D eigenvalue weighted by atomic mass is 9.97. The Morgan fingerprint density at radius 2 is 1.97 bits per heavy atom. The average molecular weight is 427 g/mol. The zero-order valence-corrected chi connectivity index (χ0v) is 17.5. The van der Waals surface area contributed by atoms with Gasteiger partial charge in [-0.25, -0.2) is 5.01 Å². The highest BCUT2D eigenvalue weighted by molar-refractivity contribution is 7.12. The van der Waals surface area contributed by atoms with Gasteiger partial charge in [-0.05, 0) is 47.8 Å². The summed E-state index contributed by atoms with van der Waals surface area (Å²) in [5.41, 5.74) is 3.07. The molecule has 0 bridgehead atoms. The fourth-order valence-corrected chi connectivity index (χ4v) is 4.78. The zero-order valence-electron chi connectivity index (χ0n) is 16.0. The van der Waals surface area contributed by atoms with E-state index in [0.29, 0.717) is 16.5 Å². The maximum Gasteiger partial charge on any atom is 0.214 e. The minimum atomic E-state index is -0.369. The summed E-state index contributed by atoms with van der Waals surface area (Å²) in [6.45, 7) is 0. The van der Waals surface area contributed by atoms with Gasteiger partial charge in [-0.3, -0.25) is 0 Å². The Morgan fingerprint density at radius 3 is 2.72 bits per heavy atom. The van der Waals surface area contributed by atoms with Gasteiger partial charge in [-0.1, -0.05) is 17.7 Å². The van der Waals surface area contributed by atoms with Crippen molar-refractivity contribution < 1.29 is 14.2 Å². The molecule has 0 saturated carbocycles. The normalized spacial score (nSPS) is 19.8. The Bertz CT molecular complexity index is 1080. The van der Waals surface area contributed by atoms with E-state index in [9.17, 15) is 0 Å². The second-order valence-corrected chi connectivity index (χ2v) is 8.27. The molecule has 1 aromatic heterocycles. The maximum absolute atomic E-state index is 6.39. The van der Waals surface area contributed by atoms with Crippen molar-refractivity contribution in [2.24, 2.45) is 5.10 Å². The Morgan fingerprint density at radius 1 is 1.10 bits per heavy atom. The maximum atomic E-state index is 6.39. The third-order valence-electron chi connectivity index (χ3n) is 5.25. The molecule has 2 aliphatic heterocycles. The van der Waals surface area contributed by atoms with Crippen LogP contribution >= 0.6 is 22.9 Å². The molecular formula is C22H19ClN2O3S. The Labute approximate surface area is 178 Å². The van der Waals surface area contributed by atoms with Crippen LogP contribution in [-0.4, -0.2) is 24.9 Å². The highest BCUT2D eigenvalue weighted by Gasteiger charge is 2.41. The number of nitrogens with zero attached hydrogens (tertiary/aromatic N) is 2. The lowest BCUT2D eigenvalue weighted by Gasteiger charge is -2.38. The van der Waals surface area contributed by atoms with Gasteiger partial charge in [0.1, 0.15) is 5.75 Å². The third kappa shape index (κ3) is 3.12. The average Bonchev–Trinajstić information content (AvgIpc) is 3.42. The molecule has 5 nitrogen and oxygen atoms in total. The fraction of sp³-hybridized carbons (Fsp3) is 0.227. The first-order chi connectivity index (χ1) is 14.2. The SMILES string of the molecule is COc1ccc([C@H]2Oc3ccc(Cl)cc3[C@H]3CC(c4cccs4)=NN32)cc1OC. The molecule has 2 aromatic carbocycles. The summed E-state index contributed by atoms with van der Waals surface area (Å²) < 4.78 is 17.3. The van der Waals surface area contributed by atoms with Gasteiger partial charge in [0.15, 0.2) is 11.5 Å². The lowest BCUT2D eigenvalue weighted by molar-refractivity contribution is -0.0191. The van der Waals surface area contributed by atoms with Crippen LogP contribution in [0.3, 0.4) is 0 Å². The van der Waals surface area contributed by atoms with Gasteiger partial charge in [-0.15, -0.1) is 11.3 Å². The van der Waals surface area contributed by atoms with Crippen LogP contribution in [0.15, 0.2) is 59.0 Å². The topological polar surface area (TPSA) is 43.3 Å². The van der Waals surface area contributed by atoms with Crippen LogP contribution in [-0.2, 0) is 0 Å². The van der Waals surface area contributed by atoms with Crippen molar-refractivity contribution in [2.75, 3.05) is 14.2 Å². The number of fused-ring (bicyclic) bond motifs is 3. The second-order valence-electron chi connectivity index (χ2n) is 6.89. The number of hydrogen-bond donors (Lipinski definition) is 0. The van der Waals surface area contributed by atoms with E-state index < -0.39 is 0 Å². The summed E-state index contributed by atoms with van der Waals surface area (Å²) in [7, 11) is 3.26. The van der Waals surface area contributed by atoms with Crippen molar-refractivity contribution in [3.63, 3.8) is 0 Å². The van der Waals surface area contributed by atoms with Crippen molar-refractivity contribution in [3.8, 4) is 17.2 Å². The predicted molar refractivity (Wildman–Crippen MR) is 114 cm³/mol. The number of ether oxygens (including phenoxy) is 3. The first-order valence-electron chi connectivity index (χ1n) is 9.25. The van der Waals surface area contributed by atoms with Gasteiger partial charge in [0.05, 0.1) is 30.9 Å². The molecule has 0 saturated heterocycles. The number of hydrogen-bond acceptors (Lipinski definition) is 6. The summed E-state index contributed by atoms with van der Waals surface area (Å²) >= 11 is 7.99. The quantitative estimate of drug-likeness (QED) is 0.539. The first-order valence-corrected chi connectivity index (χ1v) is 10.5. The summed E-state index contributed by atoms with van der Waals surface area (Å²) in [6.07, 6.45) is 0.437. The molecule has 0 aliphatic carbocycles. The molecule has 148 valence electrons. The molecule has 0 N–H and O–H groups in total. The van der Waals surface area contributed by atoms with Crippen molar-refractivity contribution in [1.29, 1.82) is 0 Å². The van der Waals surface area contributed by atoms with Crippen LogP contribution in [0.2, 0.25) is 5.02 Å². The molecule has 0 amide bonds. The van der Waals surface area contributed by atoms with Gasteiger partial charge < -0.3 is 14.2 Å². The molecule has 0 spiro atoms. The largest absolute Gasteiger partial charge is 0.493 e. The van der Waals surface area contributed by atoms with E-state index in [0.717, 1.165) is 29.0 Å². The fourth-order valence-electron chi connectivity index (χ4n) is 3.88. The van der Waals surface area contributed by atoms with Gasteiger partial charge in [0.25, 0.3) is 0 Å². The van der Waals surface area contributed by atoms with Crippen molar-refractivity contribution >= 4 is 28.6 Å². The highest BCUT2D eigenvalue weighted by atomic mass is 35.5. The molecule has 3 heterocycles. The van der Waals surface area contributed by atoms with E-state index in [1.807, 2.05) is 47.5 Å². The summed E-state index contributed by atoms with van der Waals surface area (Å²) in [4.78, 5) is 1.18. The smallest absolute Gasteiger partial charge is 0.214 e. The van der Waals surface area contributed by atoms with E-state index in [-0.39, 0.29) is 12.3 Å². The molecule has 29 heavy (non-hydrogen) atoms. The van der Waals surface area contributed by atoms with Crippen LogP contribution < -0.4 is 14.2 Å². The Balaban J connectivity index is 1.60. The Hall–Kier alpha value is -2.70. The van der Waals surface area contributed by atoms with Gasteiger partial charge in [-0.2, -0.15) is 5.10 Å². The molecule has 5 rings (SSSR count). The number of methoxy groups -OCH3 is 2. The standard InChI is InChI=1S/C22H19ClN2O3S/c1-26-19-7-5-13(10-20(19)27-2)22-25-17(12-16(24-25)21-4-3-9-29-21)15-11-14(23)6-8-18(15)28-22/h3-11,17,22H,12H2,1-2H3/t17-,22-/m1/s1. The van der Waals surface area contributed by atoms with Crippen molar-refractivity contribution in [1.82, 2.24) is 5.01 Å². The van der Waals surface area contributed by atoms with E-state index >= 15 is 0 Å². The lowest BCUT2D eigenvalue weighted by Crippen LogP contribution is -2.33. The number of halogens is 1. The minimum Gasteiger partial charge on any atom is -0.493 e. The van der Waals surface area contributed by atoms with E-state index in [1.54, 1.807) is 25.6 Å². The van der Waals surface area contributed by atoms with Gasteiger partial charge >= 0.3 is 0 Å². The summed E-state index contributed by atoms with van der Waals surface area (Å²) in [6, 6.07) is 15.8. The number of hydrazone groups is 1. The summed E-state index contributed by atoms with van der Waals surface area (Å²) in [5, 5.41) is 9.76. The molecule has 0 fully saturated rings. The molecular weight excluding hydrogens is 408 g/mol. The van der Waals surface area contributed by atoms with Crippen LogP contribution in [0.1, 0.15) is 34.7 Å². The molecule has 7 heteroatoms. The number of rotatable bonds is 4. The van der Waals surface area contributed by atoms with Crippen LogP contribution in [0.4, 0.5) is 0 Å². The molecule has 2 aliphatic rings. The Kier molecular flexibility index (Phi) is 4.60. The van der Waals surface area contributed by atoms with E-state index in [1.165, 1.54) is 4.88 Å². The monoisotopic (exact) mass is 426 g/mol.